The van der Waals surface area contributed by atoms with Gasteiger partial charge in [0.05, 0.1) is 0 Å². The molecule has 2 amide bonds. The molecule has 3 rings (SSSR count). The predicted octanol–water partition coefficient (Wildman–Crippen LogP) is 4.55. The molecule has 1 aliphatic carbocycles. The summed E-state index contributed by atoms with van der Waals surface area (Å²) in [5.74, 6) is -0.320. The Morgan fingerprint density at radius 3 is 2.14 bits per heavy atom. The first-order chi connectivity index (χ1) is 13.9. The van der Waals surface area contributed by atoms with Crippen LogP contribution in [-0.2, 0) is 16.0 Å². The van der Waals surface area contributed by atoms with E-state index in [2.05, 4.69) is 16.7 Å². The molecule has 0 radical (unpaired) electrons. The number of hydrogen-bond acceptors (Lipinski definition) is 2. The maximum absolute atomic E-state index is 13.6. The van der Waals surface area contributed by atoms with Crippen LogP contribution in [0.3, 0.4) is 0 Å². The molecule has 0 atom stereocenters. The molecule has 0 saturated heterocycles. The monoisotopic (exact) mass is 396 g/mol. The van der Waals surface area contributed by atoms with Crippen molar-refractivity contribution < 1.29 is 14.0 Å². The van der Waals surface area contributed by atoms with Crippen molar-refractivity contribution in [3.63, 3.8) is 0 Å². The van der Waals surface area contributed by atoms with Crippen molar-refractivity contribution in [2.24, 2.45) is 11.8 Å². The van der Waals surface area contributed by atoms with E-state index in [4.69, 9.17) is 0 Å². The Hall–Kier alpha value is -2.69. The molecule has 2 aromatic rings. The molecule has 0 bridgehead atoms. The Bertz CT molecular complexity index is 853. The van der Waals surface area contributed by atoms with Gasteiger partial charge < -0.3 is 10.6 Å². The Morgan fingerprint density at radius 1 is 0.931 bits per heavy atom. The highest BCUT2D eigenvalue weighted by atomic mass is 19.1. The van der Waals surface area contributed by atoms with Gasteiger partial charge in [0.25, 0.3) is 0 Å². The number of amides is 2. The van der Waals surface area contributed by atoms with Crippen LogP contribution >= 0.6 is 0 Å². The number of nitrogens with one attached hydrogen (secondary N) is 2. The molecule has 0 spiro atoms. The van der Waals surface area contributed by atoms with E-state index in [-0.39, 0.29) is 29.5 Å². The van der Waals surface area contributed by atoms with Crippen LogP contribution in [0.15, 0.2) is 42.5 Å². The van der Waals surface area contributed by atoms with E-state index in [1.165, 1.54) is 6.07 Å². The normalized spacial score (nSPS) is 18.9. The fraction of sp³-hybridized carbons (Fsp3) is 0.417. The number of anilines is 1. The molecule has 0 aliphatic heterocycles. The van der Waals surface area contributed by atoms with Crippen LogP contribution in [0.25, 0.3) is 0 Å². The highest BCUT2D eigenvalue weighted by molar-refractivity contribution is 5.93. The molecular weight excluding hydrogens is 367 g/mol. The molecule has 0 heterocycles. The summed E-state index contributed by atoms with van der Waals surface area (Å²) in [5.41, 5.74) is 3.69. The molecule has 0 unspecified atom stereocenters. The number of hydrogen-bond donors (Lipinski definition) is 2. The number of halogens is 1. The summed E-state index contributed by atoms with van der Waals surface area (Å²) in [6.07, 6.45) is 3.31. The van der Waals surface area contributed by atoms with E-state index in [0.717, 1.165) is 16.8 Å². The number of benzene rings is 2. The van der Waals surface area contributed by atoms with Gasteiger partial charge in [-0.3, -0.25) is 9.59 Å². The summed E-state index contributed by atoms with van der Waals surface area (Å²) in [5, 5.41) is 5.94. The van der Waals surface area contributed by atoms with Crippen LogP contribution in [0.5, 0.6) is 0 Å². The second-order valence-corrected chi connectivity index (χ2v) is 8.05. The number of carbonyl (C=O) groups is 2. The molecule has 1 fully saturated rings. The molecule has 0 aromatic heterocycles. The lowest BCUT2D eigenvalue weighted by atomic mass is 9.81. The first-order valence-corrected chi connectivity index (χ1v) is 10.3. The summed E-state index contributed by atoms with van der Waals surface area (Å²) < 4.78 is 13.6. The molecule has 2 N–H and O–H groups in total. The SMILES string of the molecule is Cc1cc(C)cc(NC(=O)C2CCC(C(=O)NCCc3ccccc3F)CC2)c1. The molecule has 1 saturated carbocycles. The molecule has 5 heteroatoms. The highest BCUT2D eigenvalue weighted by Crippen LogP contribution is 2.30. The third kappa shape index (κ3) is 5.89. The quantitative estimate of drug-likeness (QED) is 0.753. The fourth-order valence-electron chi connectivity index (χ4n) is 4.07. The van der Waals surface area contributed by atoms with Gasteiger partial charge in [-0.05, 0) is 80.8 Å². The zero-order valence-corrected chi connectivity index (χ0v) is 17.1. The van der Waals surface area contributed by atoms with Crippen LogP contribution in [0.4, 0.5) is 10.1 Å². The summed E-state index contributed by atoms with van der Waals surface area (Å²) in [6.45, 7) is 4.45. The van der Waals surface area contributed by atoms with Crippen LogP contribution in [-0.4, -0.2) is 18.4 Å². The van der Waals surface area contributed by atoms with Crippen LogP contribution < -0.4 is 10.6 Å². The number of carbonyl (C=O) groups excluding carboxylic acids is 2. The fourth-order valence-corrected chi connectivity index (χ4v) is 4.07. The Kier molecular flexibility index (Phi) is 7.02. The van der Waals surface area contributed by atoms with Gasteiger partial charge in [0, 0.05) is 24.1 Å². The maximum Gasteiger partial charge on any atom is 0.227 e. The van der Waals surface area contributed by atoms with Gasteiger partial charge in [0.1, 0.15) is 5.82 Å². The second-order valence-electron chi connectivity index (χ2n) is 8.05. The summed E-state index contributed by atoms with van der Waals surface area (Å²) in [4.78, 5) is 25.0. The Morgan fingerprint density at radius 2 is 1.52 bits per heavy atom. The van der Waals surface area contributed by atoms with Gasteiger partial charge in [0.15, 0.2) is 0 Å². The number of rotatable bonds is 6. The molecular formula is C24H29FN2O2. The van der Waals surface area contributed by atoms with Gasteiger partial charge >= 0.3 is 0 Å². The average Bonchev–Trinajstić information content (AvgIpc) is 2.68. The van der Waals surface area contributed by atoms with Gasteiger partial charge in [-0.2, -0.15) is 0 Å². The smallest absolute Gasteiger partial charge is 0.227 e. The van der Waals surface area contributed by atoms with Crippen molar-refractivity contribution in [2.45, 2.75) is 46.0 Å². The summed E-state index contributed by atoms with van der Waals surface area (Å²) >= 11 is 0. The first kappa shape index (κ1) is 21.0. The summed E-state index contributed by atoms with van der Waals surface area (Å²) in [6, 6.07) is 12.6. The lowest BCUT2D eigenvalue weighted by Gasteiger charge is -2.27. The molecule has 29 heavy (non-hydrogen) atoms. The second kappa shape index (κ2) is 9.68. The van der Waals surface area contributed by atoms with Gasteiger partial charge in [-0.1, -0.05) is 24.3 Å². The highest BCUT2D eigenvalue weighted by Gasteiger charge is 2.29. The topological polar surface area (TPSA) is 58.2 Å². The minimum absolute atomic E-state index is 0.00880. The third-order valence-corrected chi connectivity index (χ3v) is 5.61. The lowest BCUT2D eigenvalue weighted by molar-refractivity contribution is -0.128. The minimum Gasteiger partial charge on any atom is -0.356 e. The van der Waals surface area contributed by atoms with Crippen molar-refractivity contribution in [2.75, 3.05) is 11.9 Å². The van der Waals surface area contributed by atoms with Crippen molar-refractivity contribution in [1.29, 1.82) is 0 Å². The molecule has 4 nitrogen and oxygen atoms in total. The third-order valence-electron chi connectivity index (χ3n) is 5.61. The lowest BCUT2D eigenvalue weighted by Crippen LogP contribution is -2.36. The van der Waals surface area contributed by atoms with E-state index in [0.29, 0.717) is 44.2 Å². The largest absolute Gasteiger partial charge is 0.356 e. The zero-order valence-electron chi connectivity index (χ0n) is 17.1. The van der Waals surface area contributed by atoms with E-state index in [1.54, 1.807) is 18.2 Å². The first-order valence-electron chi connectivity index (χ1n) is 10.3. The van der Waals surface area contributed by atoms with Crippen molar-refractivity contribution in [3.8, 4) is 0 Å². The van der Waals surface area contributed by atoms with Crippen LogP contribution in [0.1, 0.15) is 42.4 Å². The van der Waals surface area contributed by atoms with E-state index in [1.807, 2.05) is 26.0 Å². The van der Waals surface area contributed by atoms with Crippen molar-refractivity contribution >= 4 is 17.5 Å². The molecule has 2 aromatic carbocycles. The maximum atomic E-state index is 13.6. The standard InChI is InChI=1S/C24H29FN2O2/c1-16-13-17(2)15-21(14-16)27-24(29)20-9-7-19(8-10-20)23(28)26-12-11-18-5-3-4-6-22(18)25/h3-6,13-15,19-20H,7-12H2,1-2H3,(H,26,28)(H,27,29). The van der Waals surface area contributed by atoms with Gasteiger partial charge in [-0.15, -0.1) is 0 Å². The average molecular weight is 397 g/mol. The van der Waals surface area contributed by atoms with Gasteiger partial charge in [0.2, 0.25) is 11.8 Å². The molecule has 1 aliphatic rings. The summed E-state index contributed by atoms with van der Waals surface area (Å²) in [7, 11) is 0. The molecule has 154 valence electrons. The van der Waals surface area contributed by atoms with E-state index in [9.17, 15) is 14.0 Å². The van der Waals surface area contributed by atoms with Crippen LogP contribution in [0, 0.1) is 31.5 Å². The Labute approximate surface area is 171 Å². The zero-order chi connectivity index (χ0) is 20.8. The minimum atomic E-state index is -0.239. The predicted molar refractivity (Wildman–Crippen MR) is 113 cm³/mol. The van der Waals surface area contributed by atoms with Gasteiger partial charge in [-0.25, -0.2) is 4.39 Å². The Balaban J connectivity index is 1.42. The van der Waals surface area contributed by atoms with Crippen molar-refractivity contribution in [3.05, 3.63) is 65.0 Å². The number of aryl methyl sites for hydroxylation is 2. The van der Waals surface area contributed by atoms with E-state index >= 15 is 0 Å². The van der Waals surface area contributed by atoms with Crippen LogP contribution in [0.2, 0.25) is 0 Å². The van der Waals surface area contributed by atoms with E-state index < -0.39 is 0 Å². The van der Waals surface area contributed by atoms with Crippen molar-refractivity contribution in [1.82, 2.24) is 5.32 Å².